The van der Waals surface area contributed by atoms with Crippen LogP contribution in [0, 0.1) is 11.3 Å². The fourth-order valence-electron chi connectivity index (χ4n) is 0.993. The number of aromatic nitrogens is 2. The first-order valence-corrected chi connectivity index (χ1v) is 4.02. The highest BCUT2D eigenvalue weighted by Gasteiger charge is 2.33. The zero-order valence-electron chi connectivity index (χ0n) is 7.23. The molecule has 76 valence electrons. The van der Waals surface area contributed by atoms with E-state index in [9.17, 15) is 13.2 Å². The Kier molecular flexibility index (Phi) is 3.12. The van der Waals surface area contributed by atoms with Gasteiger partial charge in [-0.1, -0.05) is 0 Å². The van der Waals surface area contributed by atoms with Crippen LogP contribution in [0.25, 0.3) is 0 Å². The minimum Gasteiger partial charge on any atom is -0.282 e. The fraction of sp³-hybridized carbons (Fsp3) is 0.500. The number of hydrogen-bond donors (Lipinski definition) is 1. The molecule has 0 radical (unpaired) electrons. The summed E-state index contributed by atoms with van der Waals surface area (Å²) >= 11 is 0. The van der Waals surface area contributed by atoms with Crippen LogP contribution in [0.4, 0.5) is 13.2 Å². The number of rotatable bonds is 3. The third kappa shape index (κ3) is 2.76. The van der Waals surface area contributed by atoms with Crippen molar-refractivity contribution < 1.29 is 13.2 Å². The van der Waals surface area contributed by atoms with Gasteiger partial charge in [0.2, 0.25) is 0 Å². The van der Waals surface area contributed by atoms with Crippen LogP contribution in [0.2, 0.25) is 0 Å². The van der Waals surface area contributed by atoms with Crippen molar-refractivity contribution in [3.8, 4) is 6.07 Å². The normalized spacial score (nSPS) is 11.3. The molecular formula is C8H8F3N3. The van der Waals surface area contributed by atoms with Crippen molar-refractivity contribution in [1.82, 2.24) is 10.2 Å². The monoisotopic (exact) mass is 203 g/mol. The molecule has 3 nitrogen and oxygen atoms in total. The second-order valence-electron chi connectivity index (χ2n) is 2.79. The van der Waals surface area contributed by atoms with Crippen LogP contribution >= 0.6 is 0 Å². The van der Waals surface area contributed by atoms with E-state index in [4.69, 9.17) is 5.26 Å². The molecule has 0 saturated heterocycles. The minimum absolute atomic E-state index is 0.334. The van der Waals surface area contributed by atoms with E-state index in [1.807, 2.05) is 6.07 Å². The molecule has 0 aliphatic carbocycles. The molecule has 1 N–H and O–H groups in total. The van der Waals surface area contributed by atoms with Gasteiger partial charge >= 0.3 is 6.18 Å². The number of nitrogens with one attached hydrogen (secondary N) is 1. The van der Waals surface area contributed by atoms with Crippen LogP contribution in [0.15, 0.2) is 6.07 Å². The fourth-order valence-corrected chi connectivity index (χ4v) is 0.993. The number of aryl methyl sites for hydroxylation is 1. The number of nitrogens with zero attached hydrogens (tertiary/aromatic N) is 2. The first kappa shape index (κ1) is 10.6. The van der Waals surface area contributed by atoms with Gasteiger partial charge < -0.3 is 0 Å². The van der Waals surface area contributed by atoms with E-state index in [0.29, 0.717) is 25.0 Å². The van der Waals surface area contributed by atoms with E-state index in [1.54, 1.807) is 0 Å². The molecule has 0 fully saturated rings. The maximum absolute atomic E-state index is 12.1. The maximum atomic E-state index is 12.1. The Balaban J connectivity index is 2.57. The van der Waals surface area contributed by atoms with Crippen molar-refractivity contribution in [2.75, 3.05) is 0 Å². The average Bonchev–Trinajstić information content (AvgIpc) is 2.52. The summed E-state index contributed by atoms with van der Waals surface area (Å²) in [4.78, 5) is 0. The highest BCUT2D eigenvalue weighted by Crippen LogP contribution is 2.27. The molecule has 14 heavy (non-hydrogen) atoms. The van der Waals surface area contributed by atoms with E-state index in [0.717, 1.165) is 6.07 Å². The lowest BCUT2D eigenvalue weighted by molar-refractivity contribution is -0.141. The summed E-state index contributed by atoms with van der Waals surface area (Å²) in [5, 5.41) is 13.6. The number of hydrogen-bond acceptors (Lipinski definition) is 2. The number of alkyl halides is 3. The molecular weight excluding hydrogens is 195 g/mol. The number of nitriles is 1. The minimum atomic E-state index is -4.40. The average molecular weight is 203 g/mol. The Morgan fingerprint density at radius 3 is 2.71 bits per heavy atom. The molecule has 0 amide bonds. The lowest BCUT2D eigenvalue weighted by atomic mass is 10.2. The molecule has 1 heterocycles. The molecule has 0 aliphatic rings. The van der Waals surface area contributed by atoms with E-state index in [-0.39, 0.29) is 0 Å². The van der Waals surface area contributed by atoms with Crippen LogP contribution in [0.1, 0.15) is 24.2 Å². The predicted octanol–water partition coefficient (Wildman–Crippen LogP) is 2.27. The molecule has 0 spiro atoms. The molecule has 1 aromatic rings. The summed E-state index contributed by atoms with van der Waals surface area (Å²) in [6, 6.07) is 2.89. The molecule has 0 unspecified atom stereocenters. The van der Waals surface area contributed by atoms with Crippen molar-refractivity contribution >= 4 is 0 Å². The summed E-state index contributed by atoms with van der Waals surface area (Å²) in [6.07, 6.45) is -3.11. The molecule has 0 atom stereocenters. The van der Waals surface area contributed by atoms with Crippen molar-refractivity contribution in [2.45, 2.75) is 25.4 Å². The van der Waals surface area contributed by atoms with E-state index >= 15 is 0 Å². The Labute approximate surface area is 78.5 Å². The van der Waals surface area contributed by atoms with E-state index < -0.39 is 11.9 Å². The van der Waals surface area contributed by atoms with Crippen molar-refractivity contribution in [2.24, 2.45) is 0 Å². The third-order valence-corrected chi connectivity index (χ3v) is 1.66. The Morgan fingerprint density at radius 1 is 1.50 bits per heavy atom. The summed E-state index contributed by atoms with van der Waals surface area (Å²) in [5.74, 6) is 0. The van der Waals surface area contributed by atoms with Gasteiger partial charge in [0.05, 0.1) is 6.07 Å². The van der Waals surface area contributed by atoms with Gasteiger partial charge in [-0.2, -0.15) is 23.5 Å². The van der Waals surface area contributed by atoms with E-state index in [1.165, 1.54) is 0 Å². The smallest absolute Gasteiger partial charge is 0.282 e. The third-order valence-electron chi connectivity index (χ3n) is 1.66. The van der Waals surface area contributed by atoms with Gasteiger partial charge in [-0.05, 0) is 18.9 Å². The zero-order valence-corrected chi connectivity index (χ0v) is 7.23. The van der Waals surface area contributed by atoms with Crippen LogP contribution in [-0.2, 0) is 12.6 Å². The van der Waals surface area contributed by atoms with Crippen LogP contribution in [0.5, 0.6) is 0 Å². The van der Waals surface area contributed by atoms with E-state index in [2.05, 4.69) is 10.2 Å². The number of aromatic amines is 1. The molecule has 0 aromatic carbocycles. The number of H-pyrrole nitrogens is 1. The van der Waals surface area contributed by atoms with Gasteiger partial charge in [-0.3, -0.25) is 5.10 Å². The lowest BCUT2D eigenvalue weighted by Gasteiger charge is -1.98. The predicted molar refractivity (Wildman–Crippen MR) is 42.1 cm³/mol. The summed E-state index contributed by atoms with van der Waals surface area (Å²) in [5.41, 5.74) is -0.503. The SMILES string of the molecule is N#CCCCc1cc(C(F)(F)F)n[nH]1. The highest BCUT2D eigenvalue weighted by atomic mass is 19.4. The molecule has 0 bridgehead atoms. The quantitative estimate of drug-likeness (QED) is 0.766. The number of unbranched alkanes of at least 4 members (excludes halogenated alkanes) is 1. The Bertz CT molecular complexity index is 334. The van der Waals surface area contributed by atoms with Crippen molar-refractivity contribution in [3.05, 3.63) is 17.5 Å². The Hall–Kier alpha value is -1.51. The first-order chi connectivity index (χ1) is 6.54. The highest BCUT2D eigenvalue weighted by molar-refractivity contribution is 5.11. The summed E-state index contributed by atoms with van der Waals surface area (Å²) < 4.78 is 36.2. The van der Waals surface area contributed by atoms with Gasteiger partial charge in [0.25, 0.3) is 0 Å². The van der Waals surface area contributed by atoms with Crippen LogP contribution < -0.4 is 0 Å². The van der Waals surface area contributed by atoms with Gasteiger partial charge in [-0.15, -0.1) is 0 Å². The standard InChI is InChI=1S/C8H8F3N3/c9-8(10,11)7-5-6(13-14-7)3-1-2-4-12/h5H,1-3H2,(H,13,14). The van der Waals surface area contributed by atoms with Gasteiger partial charge in [0.1, 0.15) is 0 Å². The van der Waals surface area contributed by atoms with Crippen LogP contribution in [0.3, 0.4) is 0 Å². The topological polar surface area (TPSA) is 52.5 Å². The van der Waals surface area contributed by atoms with Gasteiger partial charge in [0.15, 0.2) is 5.69 Å². The maximum Gasteiger partial charge on any atom is 0.435 e. The van der Waals surface area contributed by atoms with Crippen molar-refractivity contribution in [1.29, 1.82) is 5.26 Å². The molecule has 0 aliphatic heterocycles. The van der Waals surface area contributed by atoms with Crippen molar-refractivity contribution in [3.63, 3.8) is 0 Å². The molecule has 1 rings (SSSR count). The molecule has 6 heteroatoms. The molecule has 0 saturated carbocycles. The zero-order chi connectivity index (χ0) is 10.6. The second kappa shape index (κ2) is 4.13. The summed E-state index contributed by atoms with van der Waals surface area (Å²) in [7, 11) is 0. The Morgan fingerprint density at radius 2 is 2.21 bits per heavy atom. The molecule has 1 aromatic heterocycles. The largest absolute Gasteiger partial charge is 0.435 e. The van der Waals surface area contributed by atoms with Crippen LogP contribution in [-0.4, -0.2) is 10.2 Å². The second-order valence-corrected chi connectivity index (χ2v) is 2.79. The summed E-state index contributed by atoms with van der Waals surface area (Å²) in [6.45, 7) is 0. The number of halogens is 3. The van der Waals surface area contributed by atoms with Gasteiger partial charge in [0, 0.05) is 12.1 Å². The first-order valence-electron chi connectivity index (χ1n) is 4.02. The lowest BCUT2D eigenvalue weighted by Crippen LogP contribution is -2.04. The van der Waals surface area contributed by atoms with Gasteiger partial charge in [-0.25, -0.2) is 0 Å².